The van der Waals surface area contributed by atoms with E-state index >= 15 is 0 Å². The highest BCUT2D eigenvalue weighted by Crippen LogP contribution is 2.28. The Morgan fingerprint density at radius 3 is 2.33 bits per heavy atom. The molecule has 0 atom stereocenters. The number of piperidine rings is 1. The molecule has 1 fully saturated rings. The molecule has 1 aliphatic heterocycles. The van der Waals surface area contributed by atoms with E-state index in [1.807, 2.05) is 0 Å². The van der Waals surface area contributed by atoms with Crippen LogP contribution in [-0.4, -0.2) is 17.8 Å². The maximum atomic E-state index is 4.55. The van der Waals surface area contributed by atoms with E-state index in [2.05, 4.69) is 24.9 Å². The van der Waals surface area contributed by atoms with Crippen LogP contribution in [0.3, 0.4) is 0 Å². The van der Waals surface area contributed by atoms with Gasteiger partial charge in [-0.3, -0.25) is 0 Å². The highest BCUT2D eigenvalue weighted by atomic mass is 32.1. The van der Waals surface area contributed by atoms with Crippen LogP contribution in [-0.2, 0) is 0 Å². The van der Waals surface area contributed by atoms with Crippen molar-refractivity contribution in [2.24, 2.45) is 0 Å². The summed E-state index contributed by atoms with van der Waals surface area (Å²) in [5.41, 5.74) is 0. The Labute approximate surface area is 62.6 Å². The maximum absolute atomic E-state index is 4.55. The summed E-state index contributed by atoms with van der Waals surface area (Å²) in [5, 5.41) is 3.30. The summed E-state index contributed by atoms with van der Waals surface area (Å²) in [4.78, 5) is 0. The van der Waals surface area contributed by atoms with Crippen molar-refractivity contribution in [3.05, 3.63) is 6.92 Å². The Balaban J connectivity index is 2.37. The Morgan fingerprint density at radius 1 is 1.44 bits per heavy atom. The van der Waals surface area contributed by atoms with E-state index < -0.39 is 0 Å². The molecule has 9 heavy (non-hydrogen) atoms. The number of hydrogen-bond donors (Lipinski definition) is 2. The quantitative estimate of drug-likeness (QED) is 0.528. The number of thiol groups is 1. The van der Waals surface area contributed by atoms with Crippen LogP contribution >= 0.6 is 12.6 Å². The van der Waals surface area contributed by atoms with E-state index in [1.54, 1.807) is 0 Å². The lowest BCUT2D eigenvalue weighted by Crippen LogP contribution is -2.37. The molecule has 0 amide bonds. The SMILES string of the molecule is [CH2]CC1(S)CCNCC1. The fraction of sp³-hybridized carbons (Fsp3) is 0.857. The summed E-state index contributed by atoms with van der Waals surface area (Å²) in [6.45, 7) is 6.10. The summed E-state index contributed by atoms with van der Waals surface area (Å²) in [6.07, 6.45) is 3.29. The average molecular weight is 144 g/mol. The Bertz CT molecular complexity index is 86.9. The van der Waals surface area contributed by atoms with Gasteiger partial charge >= 0.3 is 0 Å². The first-order valence-corrected chi connectivity index (χ1v) is 3.94. The number of rotatable bonds is 1. The predicted molar refractivity (Wildman–Crippen MR) is 43.8 cm³/mol. The first-order valence-electron chi connectivity index (χ1n) is 3.49. The van der Waals surface area contributed by atoms with Crippen LogP contribution in [0.15, 0.2) is 0 Å². The van der Waals surface area contributed by atoms with Gasteiger partial charge in [0.15, 0.2) is 0 Å². The smallest absolute Gasteiger partial charge is 0.0154 e. The Hall–Kier alpha value is 0.310. The van der Waals surface area contributed by atoms with Crippen molar-refractivity contribution in [2.75, 3.05) is 13.1 Å². The summed E-state index contributed by atoms with van der Waals surface area (Å²) < 4.78 is 0.241. The topological polar surface area (TPSA) is 12.0 Å². The molecule has 1 saturated heterocycles. The van der Waals surface area contributed by atoms with E-state index in [9.17, 15) is 0 Å². The summed E-state index contributed by atoms with van der Waals surface area (Å²) >= 11 is 4.55. The Morgan fingerprint density at radius 2 is 2.00 bits per heavy atom. The number of hydrogen-bond acceptors (Lipinski definition) is 2. The van der Waals surface area contributed by atoms with Gasteiger partial charge in [0, 0.05) is 4.75 Å². The number of nitrogens with one attached hydrogen (secondary N) is 1. The van der Waals surface area contributed by atoms with E-state index in [0.717, 1.165) is 19.5 Å². The van der Waals surface area contributed by atoms with Crippen LogP contribution < -0.4 is 5.32 Å². The van der Waals surface area contributed by atoms with E-state index in [4.69, 9.17) is 0 Å². The van der Waals surface area contributed by atoms with Gasteiger partial charge in [0.25, 0.3) is 0 Å². The van der Waals surface area contributed by atoms with Gasteiger partial charge in [-0.1, -0.05) is 6.92 Å². The zero-order valence-corrected chi connectivity index (χ0v) is 6.58. The monoisotopic (exact) mass is 144 g/mol. The fourth-order valence-corrected chi connectivity index (χ4v) is 1.37. The van der Waals surface area contributed by atoms with Crippen LogP contribution in [0.5, 0.6) is 0 Å². The third-order valence-corrected chi connectivity index (χ3v) is 2.67. The molecular weight excluding hydrogens is 130 g/mol. The zero-order chi connectivity index (χ0) is 6.74. The average Bonchev–Trinajstić information content (AvgIpc) is 1.90. The highest BCUT2D eigenvalue weighted by Gasteiger charge is 2.24. The van der Waals surface area contributed by atoms with Crippen LogP contribution in [0.1, 0.15) is 19.3 Å². The van der Waals surface area contributed by atoms with Crippen LogP contribution in [0.4, 0.5) is 0 Å². The lowest BCUT2D eigenvalue weighted by atomic mass is 9.94. The molecular formula is C7H14NS. The second-order valence-electron chi connectivity index (χ2n) is 2.72. The van der Waals surface area contributed by atoms with Crippen LogP contribution in [0.25, 0.3) is 0 Å². The second kappa shape index (κ2) is 2.93. The molecule has 0 saturated carbocycles. The van der Waals surface area contributed by atoms with Gasteiger partial charge in [0.05, 0.1) is 0 Å². The molecule has 0 bridgehead atoms. The molecule has 0 aromatic heterocycles. The van der Waals surface area contributed by atoms with Gasteiger partial charge < -0.3 is 5.32 Å². The lowest BCUT2D eigenvalue weighted by Gasteiger charge is -2.31. The molecule has 0 spiro atoms. The molecule has 1 rings (SSSR count). The molecule has 0 aliphatic carbocycles. The molecule has 1 aliphatic rings. The largest absolute Gasteiger partial charge is 0.317 e. The van der Waals surface area contributed by atoms with Crippen LogP contribution in [0.2, 0.25) is 0 Å². The first kappa shape index (κ1) is 7.42. The van der Waals surface area contributed by atoms with Gasteiger partial charge in [-0.05, 0) is 32.4 Å². The van der Waals surface area contributed by atoms with Crippen molar-refractivity contribution in [1.29, 1.82) is 0 Å². The van der Waals surface area contributed by atoms with Crippen molar-refractivity contribution in [3.63, 3.8) is 0 Å². The Kier molecular flexibility index (Phi) is 2.42. The maximum Gasteiger partial charge on any atom is 0.0154 e. The van der Waals surface area contributed by atoms with Crippen molar-refractivity contribution in [2.45, 2.75) is 24.0 Å². The molecule has 1 heterocycles. The highest BCUT2D eigenvalue weighted by molar-refractivity contribution is 7.81. The van der Waals surface area contributed by atoms with E-state index in [-0.39, 0.29) is 4.75 Å². The second-order valence-corrected chi connectivity index (χ2v) is 3.67. The predicted octanol–water partition coefficient (Wildman–Crippen LogP) is 1.26. The normalized spacial score (nSPS) is 26.0. The van der Waals surface area contributed by atoms with Gasteiger partial charge in [0.2, 0.25) is 0 Å². The van der Waals surface area contributed by atoms with Gasteiger partial charge in [0.1, 0.15) is 0 Å². The standard InChI is InChI=1S/C7H14NS/c1-2-7(9)3-5-8-6-4-7/h8-9H,1-6H2. The molecule has 53 valence electrons. The molecule has 0 aromatic carbocycles. The molecule has 0 unspecified atom stereocenters. The van der Waals surface area contributed by atoms with Crippen molar-refractivity contribution in [3.8, 4) is 0 Å². The summed E-state index contributed by atoms with van der Waals surface area (Å²) in [6, 6.07) is 0. The lowest BCUT2D eigenvalue weighted by molar-refractivity contribution is 0.418. The minimum atomic E-state index is 0.241. The third kappa shape index (κ3) is 1.87. The fourth-order valence-electron chi connectivity index (χ4n) is 1.14. The summed E-state index contributed by atoms with van der Waals surface area (Å²) in [7, 11) is 0. The van der Waals surface area contributed by atoms with Crippen molar-refractivity contribution >= 4 is 12.6 Å². The van der Waals surface area contributed by atoms with Gasteiger partial charge in [-0.2, -0.15) is 12.6 Å². The zero-order valence-electron chi connectivity index (χ0n) is 5.69. The van der Waals surface area contributed by atoms with Crippen molar-refractivity contribution in [1.82, 2.24) is 5.32 Å². The van der Waals surface area contributed by atoms with E-state index in [1.165, 1.54) is 12.8 Å². The molecule has 1 radical (unpaired) electrons. The van der Waals surface area contributed by atoms with E-state index in [0.29, 0.717) is 0 Å². The first-order chi connectivity index (χ1) is 4.27. The molecule has 1 nitrogen and oxygen atoms in total. The van der Waals surface area contributed by atoms with Crippen LogP contribution in [0, 0.1) is 6.92 Å². The van der Waals surface area contributed by atoms with Crippen molar-refractivity contribution < 1.29 is 0 Å². The molecule has 0 aromatic rings. The minimum Gasteiger partial charge on any atom is -0.317 e. The van der Waals surface area contributed by atoms with Gasteiger partial charge in [-0.25, -0.2) is 0 Å². The summed E-state index contributed by atoms with van der Waals surface area (Å²) in [5.74, 6) is 0. The van der Waals surface area contributed by atoms with Gasteiger partial charge in [-0.15, -0.1) is 0 Å². The molecule has 1 N–H and O–H groups in total. The third-order valence-electron chi connectivity index (χ3n) is 2.00. The molecule has 2 heteroatoms. The minimum absolute atomic E-state index is 0.241.